The number of hydrogen-bond donors (Lipinski definition) is 3. The van der Waals surface area contributed by atoms with E-state index in [2.05, 4.69) is 17.2 Å². The van der Waals surface area contributed by atoms with Gasteiger partial charge in [-0.05, 0) is 32.9 Å². The molecule has 0 heterocycles. The lowest BCUT2D eigenvalue weighted by molar-refractivity contribution is 0.0529. The number of nitrogens with one attached hydrogen (secondary N) is 1. The predicted octanol–water partition coefficient (Wildman–Crippen LogP) is 2.36. The number of carbonyl (C=O) groups excluding carboxylic acids is 1. The van der Waals surface area contributed by atoms with Gasteiger partial charge in [0.05, 0.1) is 5.56 Å². The van der Waals surface area contributed by atoms with Gasteiger partial charge in [-0.2, -0.15) is 0 Å². The molecule has 0 aliphatic rings. The second kappa shape index (κ2) is 6.71. The predicted molar refractivity (Wildman–Crippen MR) is 75.5 cm³/mol. The van der Waals surface area contributed by atoms with Crippen molar-refractivity contribution in [3.63, 3.8) is 0 Å². The number of rotatable bonds is 2. The monoisotopic (exact) mass is 277 g/mol. The van der Waals surface area contributed by atoms with Gasteiger partial charge in [-0.15, -0.1) is 0 Å². The van der Waals surface area contributed by atoms with Crippen molar-refractivity contribution < 1.29 is 19.7 Å². The highest BCUT2D eigenvalue weighted by Crippen LogP contribution is 2.21. The van der Waals surface area contributed by atoms with Crippen LogP contribution in [0.4, 0.5) is 4.79 Å². The number of phenols is 2. The summed E-state index contributed by atoms with van der Waals surface area (Å²) in [6, 6.07) is 4.20. The number of alkyl carbamates (subject to hydrolysis) is 1. The molecule has 0 aliphatic heterocycles. The molecule has 0 saturated carbocycles. The number of amides is 1. The van der Waals surface area contributed by atoms with Crippen LogP contribution in [0.2, 0.25) is 0 Å². The molecule has 0 aliphatic carbocycles. The van der Waals surface area contributed by atoms with Crippen LogP contribution in [0.25, 0.3) is 0 Å². The first-order valence-electron chi connectivity index (χ1n) is 6.25. The van der Waals surface area contributed by atoms with E-state index >= 15 is 0 Å². The van der Waals surface area contributed by atoms with E-state index in [1.807, 2.05) is 0 Å². The van der Waals surface area contributed by atoms with Crippen molar-refractivity contribution in [1.82, 2.24) is 5.32 Å². The van der Waals surface area contributed by atoms with Crippen molar-refractivity contribution in [1.29, 1.82) is 0 Å². The Labute approximate surface area is 118 Å². The molecule has 1 amide bonds. The maximum atomic E-state index is 11.3. The lowest BCUT2D eigenvalue weighted by Crippen LogP contribution is -2.32. The molecule has 0 radical (unpaired) electrons. The van der Waals surface area contributed by atoms with Crippen LogP contribution in [0.1, 0.15) is 32.8 Å². The molecule has 0 atom stereocenters. The number of phenolic OH excluding ortho intramolecular Hbond substituents is 2. The molecule has 0 saturated heterocycles. The third-order valence-corrected chi connectivity index (χ3v) is 2.12. The fourth-order valence-corrected chi connectivity index (χ4v) is 1.32. The van der Waals surface area contributed by atoms with Crippen molar-refractivity contribution in [2.24, 2.45) is 0 Å². The van der Waals surface area contributed by atoms with E-state index in [1.165, 1.54) is 18.2 Å². The van der Waals surface area contributed by atoms with Gasteiger partial charge < -0.3 is 20.3 Å². The van der Waals surface area contributed by atoms with E-state index < -0.39 is 11.7 Å². The minimum atomic E-state index is -0.520. The van der Waals surface area contributed by atoms with Crippen LogP contribution >= 0.6 is 0 Å². The minimum Gasteiger partial charge on any atom is -0.508 e. The molecule has 0 spiro atoms. The van der Waals surface area contributed by atoms with Crippen LogP contribution in [0.3, 0.4) is 0 Å². The Kier molecular flexibility index (Phi) is 5.27. The van der Waals surface area contributed by atoms with Gasteiger partial charge in [0.15, 0.2) is 0 Å². The molecule has 1 aromatic rings. The third-order valence-electron chi connectivity index (χ3n) is 2.12. The SMILES string of the molecule is CC(C)(C)OC(=O)NCCC#Cc1ccc(O)cc1O. The van der Waals surface area contributed by atoms with Crippen molar-refractivity contribution in [3.8, 4) is 23.3 Å². The number of carbonyl (C=O) groups is 1. The highest BCUT2D eigenvalue weighted by Gasteiger charge is 2.15. The highest BCUT2D eigenvalue weighted by atomic mass is 16.6. The summed E-state index contributed by atoms with van der Waals surface area (Å²) in [5.41, 5.74) is -0.0896. The van der Waals surface area contributed by atoms with Gasteiger partial charge in [0, 0.05) is 19.0 Å². The summed E-state index contributed by atoms with van der Waals surface area (Å²) < 4.78 is 5.07. The first-order chi connectivity index (χ1) is 9.28. The van der Waals surface area contributed by atoms with Crippen molar-refractivity contribution in [2.45, 2.75) is 32.8 Å². The van der Waals surface area contributed by atoms with Crippen LogP contribution in [0.15, 0.2) is 18.2 Å². The van der Waals surface area contributed by atoms with Gasteiger partial charge >= 0.3 is 6.09 Å². The number of hydrogen-bond acceptors (Lipinski definition) is 4. The minimum absolute atomic E-state index is 0.0142. The first kappa shape index (κ1) is 15.7. The quantitative estimate of drug-likeness (QED) is 0.573. The standard InChI is InChI=1S/C15H19NO4/c1-15(2,3)20-14(19)16-9-5-4-6-11-7-8-12(17)10-13(11)18/h7-8,10,17-18H,5,9H2,1-3H3,(H,16,19). The normalized spacial score (nSPS) is 10.3. The fourth-order valence-electron chi connectivity index (χ4n) is 1.32. The van der Waals surface area contributed by atoms with E-state index in [0.717, 1.165) is 0 Å². The van der Waals surface area contributed by atoms with E-state index in [1.54, 1.807) is 20.8 Å². The molecule has 5 nitrogen and oxygen atoms in total. The second-order valence-electron chi connectivity index (χ2n) is 5.18. The van der Waals surface area contributed by atoms with Gasteiger partial charge in [0.2, 0.25) is 0 Å². The maximum Gasteiger partial charge on any atom is 0.407 e. The highest BCUT2D eigenvalue weighted by molar-refractivity contribution is 5.67. The average Bonchev–Trinajstić information content (AvgIpc) is 2.28. The van der Waals surface area contributed by atoms with E-state index in [0.29, 0.717) is 18.5 Å². The molecule has 20 heavy (non-hydrogen) atoms. The molecule has 1 rings (SSSR count). The zero-order chi connectivity index (χ0) is 15.2. The Morgan fingerprint density at radius 2 is 2.05 bits per heavy atom. The Morgan fingerprint density at radius 1 is 1.35 bits per heavy atom. The third kappa shape index (κ3) is 6.01. The van der Waals surface area contributed by atoms with Crippen LogP contribution in [0.5, 0.6) is 11.5 Å². The van der Waals surface area contributed by atoms with Gasteiger partial charge in [-0.25, -0.2) is 4.79 Å². The summed E-state index contributed by atoms with van der Waals surface area (Å²) in [5.74, 6) is 5.49. The average molecular weight is 277 g/mol. The Bertz CT molecular complexity index is 535. The maximum absolute atomic E-state index is 11.3. The van der Waals surface area contributed by atoms with Crippen LogP contribution in [-0.2, 0) is 4.74 Å². The van der Waals surface area contributed by atoms with E-state index in [9.17, 15) is 9.90 Å². The summed E-state index contributed by atoms with van der Waals surface area (Å²) in [4.78, 5) is 11.3. The summed E-state index contributed by atoms with van der Waals surface area (Å²) >= 11 is 0. The molecule has 1 aromatic carbocycles. The van der Waals surface area contributed by atoms with Crippen LogP contribution in [-0.4, -0.2) is 28.5 Å². The number of ether oxygens (including phenoxy) is 1. The van der Waals surface area contributed by atoms with E-state index in [4.69, 9.17) is 9.84 Å². The van der Waals surface area contributed by atoms with Gasteiger partial charge in [0.25, 0.3) is 0 Å². The molecule has 0 aromatic heterocycles. The largest absolute Gasteiger partial charge is 0.508 e. The molecule has 3 N–H and O–H groups in total. The number of benzene rings is 1. The first-order valence-corrected chi connectivity index (χ1v) is 6.25. The molecule has 5 heteroatoms. The van der Waals surface area contributed by atoms with Gasteiger partial charge in [-0.3, -0.25) is 0 Å². The second-order valence-corrected chi connectivity index (χ2v) is 5.18. The van der Waals surface area contributed by atoms with Gasteiger partial charge in [-0.1, -0.05) is 11.8 Å². The van der Waals surface area contributed by atoms with Crippen molar-refractivity contribution in [2.75, 3.05) is 6.54 Å². The Hall–Kier alpha value is -2.35. The molecule has 0 fully saturated rings. The number of aromatic hydroxyl groups is 2. The van der Waals surface area contributed by atoms with E-state index in [-0.39, 0.29) is 11.5 Å². The fraction of sp³-hybridized carbons (Fsp3) is 0.400. The van der Waals surface area contributed by atoms with Gasteiger partial charge in [0.1, 0.15) is 17.1 Å². The van der Waals surface area contributed by atoms with Crippen molar-refractivity contribution >= 4 is 6.09 Å². The lowest BCUT2D eigenvalue weighted by atomic mass is 10.2. The van der Waals surface area contributed by atoms with Crippen LogP contribution in [0, 0.1) is 11.8 Å². The molecular weight excluding hydrogens is 258 g/mol. The summed E-state index contributed by atoms with van der Waals surface area (Å²) in [6.07, 6.45) is -0.0497. The molecule has 108 valence electrons. The topological polar surface area (TPSA) is 78.8 Å². The zero-order valence-corrected chi connectivity index (χ0v) is 11.9. The van der Waals surface area contributed by atoms with Crippen LogP contribution < -0.4 is 5.32 Å². The molecular formula is C15H19NO4. The summed E-state index contributed by atoms with van der Waals surface area (Å²) in [7, 11) is 0. The zero-order valence-electron chi connectivity index (χ0n) is 11.9. The summed E-state index contributed by atoms with van der Waals surface area (Å²) in [5, 5.41) is 21.2. The molecule has 0 unspecified atom stereocenters. The Morgan fingerprint density at radius 3 is 2.65 bits per heavy atom. The van der Waals surface area contributed by atoms with Crippen molar-refractivity contribution in [3.05, 3.63) is 23.8 Å². The lowest BCUT2D eigenvalue weighted by Gasteiger charge is -2.19. The smallest absolute Gasteiger partial charge is 0.407 e. The molecule has 0 bridgehead atoms. The summed E-state index contributed by atoms with van der Waals surface area (Å²) in [6.45, 7) is 5.74. The Balaban J connectivity index is 2.38.